The quantitative estimate of drug-likeness (QED) is 0.733. The van der Waals surface area contributed by atoms with Gasteiger partial charge in [0, 0.05) is 5.69 Å². The maximum absolute atomic E-state index is 13.1. The highest BCUT2D eigenvalue weighted by atomic mass is 19.1. The summed E-state index contributed by atoms with van der Waals surface area (Å²) >= 11 is 0. The van der Waals surface area contributed by atoms with E-state index in [0.717, 1.165) is 6.42 Å². The Labute approximate surface area is 120 Å². The molecule has 0 radical (unpaired) electrons. The number of fused-ring (bicyclic) bond motifs is 1. The average Bonchev–Trinajstić information content (AvgIpc) is 2.89. The highest BCUT2D eigenvalue weighted by Gasteiger charge is 2.31. The van der Waals surface area contributed by atoms with Gasteiger partial charge in [-0.1, -0.05) is 29.4 Å². The Bertz CT molecular complexity index is 828. The van der Waals surface area contributed by atoms with Crippen LogP contribution >= 0.6 is 0 Å². The summed E-state index contributed by atoms with van der Waals surface area (Å²) in [7, 11) is 0. The van der Waals surface area contributed by atoms with Crippen molar-refractivity contribution in [1.29, 1.82) is 0 Å². The summed E-state index contributed by atoms with van der Waals surface area (Å²) in [5.41, 5.74) is 9.19. The van der Waals surface area contributed by atoms with Crippen molar-refractivity contribution in [2.45, 2.75) is 12.3 Å². The van der Waals surface area contributed by atoms with Gasteiger partial charge in [-0.05, 0) is 35.7 Å². The number of rotatable bonds is 2. The SMILES string of the molecule is Nc1cc(F)ccc1-c1nc(C2Cc3ccccc32)no1. The molecule has 0 fully saturated rings. The van der Waals surface area contributed by atoms with Crippen LogP contribution in [0.3, 0.4) is 0 Å². The lowest BCUT2D eigenvalue weighted by Crippen LogP contribution is -2.19. The molecule has 1 aliphatic carbocycles. The molecule has 0 bridgehead atoms. The van der Waals surface area contributed by atoms with Crippen molar-refractivity contribution in [3.8, 4) is 11.5 Å². The first-order valence-corrected chi connectivity index (χ1v) is 6.69. The molecule has 1 aromatic heterocycles. The molecule has 0 aliphatic heterocycles. The summed E-state index contributed by atoms with van der Waals surface area (Å²) in [4.78, 5) is 4.41. The summed E-state index contributed by atoms with van der Waals surface area (Å²) in [6, 6.07) is 12.3. The number of nitrogen functional groups attached to an aromatic ring is 1. The average molecular weight is 281 g/mol. The summed E-state index contributed by atoms with van der Waals surface area (Å²) in [5.74, 6) is 0.753. The molecule has 4 rings (SSSR count). The predicted octanol–water partition coefficient (Wildman–Crippen LogP) is 3.15. The van der Waals surface area contributed by atoms with Gasteiger partial charge in [-0.25, -0.2) is 4.39 Å². The second-order valence-electron chi connectivity index (χ2n) is 5.14. The Morgan fingerprint density at radius 2 is 2.05 bits per heavy atom. The molecule has 3 aromatic rings. The van der Waals surface area contributed by atoms with Crippen molar-refractivity contribution < 1.29 is 8.91 Å². The van der Waals surface area contributed by atoms with E-state index >= 15 is 0 Å². The van der Waals surface area contributed by atoms with Crippen LogP contribution in [-0.2, 0) is 6.42 Å². The van der Waals surface area contributed by atoms with E-state index in [4.69, 9.17) is 10.3 Å². The summed E-state index contributed by atoms with van der Waals surface area (Å²) in [6.45, 7) is 0. The number of anilines is 1. The Morgan fingerprint density at radius 3 is 2.86 bits per heavy atom. The fourth-order valence-electron chi connectivity index (χ4n) is 2.70. The van der Waals surface area contributed by atoms with E-state index in [2.05, 4.69) is 22.3 Å². The standard InChI is InChI=1S/C16H12FN3O/c17-10-5-6-12(14(18)8-10)16-19-15(20-21-16)13-7-9-3-1-2-4-11(9)13/h1-6,8,13H,7,18H2. The highest BCUT2D eigenvalue weighted by Crippen LogP contribution is 2.39. The third kappa shape index (κ3) is 1.89. The van der Waals surface area contributed by atoms with Crippen LogP contribution in [0.15, 0.2) is 47.0 Å². The first-order valence-electron chi connectivity index (χ1n) is 6.69. The fourth-order valence-corrected chi connectivity index (χ4v) is 2.70. The molecule has 21 heavy (non-hydrogen) atoms. The van der Waals surface area contributed by atoms with Crippen LogP contribution in [0.25, 0.3) is 11.5 Å². The first-order chi connectivity index (χ1) is 10.2. The van der Waals surface area contributed by atoms with Crippen molar-refractivity contribution in [1.82, 2.24) is 10.1 Å². The number of nitrogens with zero attached hydrogens (tertiary/aromatic N) is 2. The van der Waals surface area contributed by atoms with E-state index in [0.29, 0.717) is 23.0 Å². The Hall–Kier alpha value is -2.69. The van der Waals surface area contributed by atoms with Gasteiger partial charge in [-0.2, -0.15) is 4.98 Å². The molecular formula is C16H12FN3O. The molecule has 0 spiro atoms. The van der Waals surface area contributed by atoms with Gasteiger partial charge in [0.15, 0.2) is 5.82 Å². The minimum atomic E-state index is -0.385. The molecule has 0 saturated heterocycles. The van der Waals surface area contributed by atoms with Gasteiger partial charge in [0.25, 0.3) is 5.89 Å². The molecule has 2 aromatic carbocycles. The number of benzene rings is 2. The van der Waals surface area contributed by atoms with Gasteiger partial charge in [-0.3, -0.25) is 0 Å². The number of aromatic nitrogens is 2. The van der Waals surface area contributed by atoms with Crippen LogP contribution < -0.4 is 5.73 Å². The lowest BCUT2D eigenvalue weighted by molar-refractivity contribution is 0.416. The van der Waals surface area contributed by atoms with Gasteiger partial charge in [0.05, 0.1) is 11.5 Å². The van der Waals surface area contributed by atoms with E-state index in [9.17, 15) is 4.39 Å². The zero-order valence-corrected chi connectivity index (χ0v) is 11.1. The minimum Gasteiger partial charge on any atom is -0.398 e. The second-order valence-corrected chi connectivity index (χ2v) is 5.14. The van der Waals surface area contributed by atoms with Crippen molar-refractivity contribution in [2.75, 3.05) is 5.73 Å². The molecule has 0 saturated carbocycles. The number of nitrogens with two attached hydrogens (primary N) is 1. The van der Waals surface area contributed by atoms with Crippen molar-refractivity contribution >= 4 is 5.69 Å². The topological polar surface area (TPSA) is 64.9 Å². The van der Waals surface area contributed by atoms with E-state index in [1.807, 2.05) is 12.1 Å². The molecule has 5 heteroatoms. The Morgan fingerprint density at radius 1 is 1.19 bits per heavy atom. The van der Waals surface area contributed by atoms with Gasteiger partial charge in [0.1, 0.15) is 5.82 Å². The smallest absolute Gasteiger partial charge is 0.260 e. The van der Waals surface area contributed by atoms with Crippen LogP contribution in [0, 0.1) is 5.82 Å². The maximum Gasteiger partial charge on any atom is 0.260 e. The predicted molar refractivity (Wildman–Crippen MR) is 76.1 cm³/mol. The van der Waals surface area contributed by atoms with Gasteiger partial charge in [-0.15, -0.1) is 0 Å². The Balaban J connectivity index is 1.68. The molecule has 2 N–H and O–H groups in total. The Kier molecular flexibility index (Phi) is 2.54. The van der Waals surface area contributed by atoms with Crippen LogP contribution in [0.2, 0.25) is 0 Å². The van der Waals surface area contributed by atoms with Gasteiger partial charge >= 0.3 is 0 Å². The van der Waals surface area contributed by atoms with Crippen molar-refractivity contribution in [3.05, 3.63) is 65.2 Å². The van der Waals surface area contributed by atoms with Gasteiger partial charge in [0.2, 0.25) is 0 Å². The first kappa shape index (κ1) is 12.1. The largest absolute Gasteiger partial charge is 0.398 e. The van der Waals surface area contributed by atoms with Crippen LogP contribution in [0.5, 0.6) is 0 Å². The zero-order chi connectivity index (χ0) is 14.4. The van der Waals surface area contributed by atoms with Crippen LogP contribution in [0.4, 0.5) is 10.1 Å². The van der Waals surface area contributed by atoms with Gasteiger partial charge < -0.3 is 10.3 Å². The monoisotopic (exact) mass is 281 g/mol. The molecule has 1 heterocycles. The minimum absolute atomic E-state index is 0.167. The molecule has 1 atom stereocenters. The highest BCUT2D eigenvalue weighted by molar-refractivity contribution is 5.70. The van der Waals surface area contributed by atoms with Crippen molar-refractivity contribution in [3.63, 3.8) is 0 Å². The van der Waals surface area contributed by atoms with E-state index in [1.165, 1.54) is 23.3 Å². The normalized spacial score (nSPS) is 16.3. The number of hydrogen-bond acceptors (Lipinski definition) is 4. The number of halogens is 1. The zero-order valence-electron chi connectivity index (χ0n) is 11.1. The molecule has 0 amide bonds. The molecule has 1 unspecified atom stereocenters. The molecule has 104 valence electrons. The van der Waals surface area contributed by atoms with E-state index in [-0.39, 0.29) is 11.7 Å². The summed E-state index contributed by atoms with van der Waals surface area (Å²) < 4.78 is 18.4. The van der Waals surface area contributed by atoms with E-state index in [1.54, 1.807) is 6.07 Å². The third-order valence-electron chi connectivity index (χ3n) is 3.85. The second kappa shape index (κ2) is 4.41. The summed E-state index contributed by atoms with van der Waals surface area (Å²) in [6.07, 6.45) is 0.911. The molecule has 1 aliphatic rings. The van der Waals surface area contributed by atoms with E-state index < -0.39 is 0 Å². The van der Waals surface area contributed by atoms with Crippen LogP contribution in [0.1, 0.15) is 22.9 Å². The summed E-state index contributed by atoms with van der Waals surface area (Å²) in [5, 5.41) is 4.04. The number of hydrogen-bond donors (Lipinski definition) is 1. The molecule has 4 nitrogen and oxygen atoms in total. The van der Waals surface area contributed by atoms with Crippen molar-refractivity contribution in [2.24, 2.45) is 0 Å². The maximum atomic E-state index is 13.1. The van der Waals surface area contributed by atoms with Crippen LogP contribution in [-0.4, -0.2) is 10.1 Å². The fraction of sp³-hybridized carbons (Fsp3) is 0.125. The molecular weight excluding hydrogens is 269 g/mol. The lowest BCUT2D eigenvalue weighted by Gasteiger charge is -2.27. The lowest BCUT2D eigenvalue weighted by atomic mass is 9.77. The third-order valence-corrected chi connectivity index (χ3v) is 3.85.